The normalized spacial score (nSPS) is 14.3. The Labute approximate surface area is 125 Å². The molecular weight excluding hydrogens is 264 g/mol. The summed E-state index contributed by atoms with van der Waals surface area (Å²) in [6.07, 6.45) is 4.83. The zero-order chi connectivity index (χ0) is 14.5. The zero-order valence-corrected chi connectivity index (χ0v) is 12.5. The van der Waals surface area contributed by atoms with Gasteiger partial charge in [0, 0.05) is 18.7 Å². The second kappa shape index (κ2) is 6.76. The molecule has 0 saturated heterocycles. The van der Waals surface area contributed by atoms with E-state index in [2.05, 4.69) is 29.5 Å². The molecule has 1 aliphatic carbocycles. The molecule has 1 fully saturated rings. The quantitative estimate of drug-likeness (QED) is 0.807. The second-order valence-electron chi connectivity index (χ2n) is 5.62. The van der Waals surface area contributed by atoms with Crippen LogP contribution in [0.1, 0.15) is 43.2 Å². The molecule has 0 spiro atoms. The largest absolute Gasteiger partial charge is 0.486 e. The Bertz CT molecular complexity index is 558. The third-order valence-electron chi connectivity index (χ3n) is 3.60. The van der Waals surface area contributed by atoms with E-state index in [1.54, 1.807) is 0 Å². The van der Waals surface area contributed by atoms with Crippen molar-refractivity contribution in [2.45, 2.75) is 51.8 Å². The van der Waals surface area contributed by atoms with Crippen molar-refractivity contribution in [1.29, 1.82) is 0 Å². The highest BCUT2D eigenvalue weighted by Gasteiger charge is 2.20. The fourth-order valence-electron chi connectivity index (χ4n) is 2.24. The summed E-state index contributed by atoms with van der Waals surface area (Å²) in [4.78, 5) is 0. The van der Waals surface area contributed by atoms with Crippen LogP contribution in [0, 0.1) is 0 Å². The van der Waals surface area contributed by atoms with Crippen molar-refractivity contribution in [1.82, 2.24) is 10.5 Å². The number of rotatable bonds is 8. The predicted octanol–water partition coefficient (Wildman–Crippen LogP) is 3.46. The van der Waals surface area contributed by atoms with Gasteiger partial charge in [-0.1, -0.05) is 30.6 Å². The second-order valence-corrected chi connectivity index (χ2v) is 5.62. The number of aromatic nitrogens is 1. The molecule has 3 rings (SSSR count). The summed E-state index contributed by atoms with van der Waals surface area (Å²) in [7, 11) is 0. The lowest BCUT2D eigenvalue weighted by molar-refractivity contribution is 0.248. The minimum Gasteiger partial charge on any atom is -0.486 e. The fraction of sp³-hybridized carbons (Fsp3) is 0.471. The lowest BCUT2D eigenvalue weighted by atomic mass is 10.1. The molecule has 0 radical (unpaired) electrons. The molecule has 4 heteroatoms. The Kier molecular flexibility index (Phi) is 4.55. The van der Waals surface area contributed by atoms with Gasteiger partial charge in [0.1, 0.15) is 12.4 Å². The van der Waals surface area contributed by atoms with Gasteiger partial charge in [-0.2, -0.15) is 0 Å². The molecule has 1 aliphatic rings. The van der Waals surface area contributed by atoms with Gasteiger partial charge in [0.05, 0.1) is 5.69 Å². The van der Waals surface area contributed by atoms with Crippen molar-refractivity contribution in [3.05, 3.63) is 47.3 Å². The van der Waals surface area contributed by atoms with Crippen molar-refractivity contribution >= 4 is 0 Å². The van der Waals surface area contributed by atoms with Crippen molar-refractivity contribution in [2.24, 2.45) is 0 Å². The van der Waals surface area contributed by atoms with Crippen LogP contribution >= 0.6 is 0 Å². The van der Waals surface area contributed by atoms with Crippen LogP contribution in [0.25, 0.3) is 0 Å². The van der Waals surface area contributed by atoms with Crippen molar-refractivity contribution in [3.8, 4) is 5.75 Å². The predicted molar refractivity (Wildman–Crippen MR) is 81.1 cm³/mol. The van der Waals surface area contributed by atoms with Gasteiger partial charge < -0.3 is 14.6 Å². The lowest BCUT2D eigenvalue weighted by Crippen LogP contribution is -2.15. The molecule has 4 nitrogen and oxygen atoms in total. The Morgan fingerprint density at radius 1 is 1.29 bits per heavy atom. The molecule has 1 heterocycles. The van der Waals surface area contributed by atoms with E-state index in [0.29, 0.717) is 12.6 Å². The Balaban J connectivity index is 1.47. The van der Waals surface area contributed by atoms with Gasteiger partial charge in [-0.25, -0.2) is 0 Å². The minimum atomic E-state index is 0.420. The van der Waals surface area contributed by atoms with Gasteiger partial charge in [-0.3, -0.25) is 0 Å². The highest BCUT2D eigenvalue weighted by molar-refractivity contribution is 5.27. The number of hydrogen-bond acceptors (Lipinski definition) is 4. The summed E-state index contributed by atoms with van der Waals surface area (Å²) < 4.78 is 11.0. The van der Waals surface area contributed by atoms with E-state index in [-0.39, 0.29) is 0 Å². The number of hydrogen-bond donors (Lipinski definition) is 1. The molecule has 0 aliphatic heterocycles. The van der Waals surface area contributed by atoms with Gasteiger partial charge in [-0.05, 0) is 37.0 Å². The molecule has 1 N–H and O–H groups in total. The number of nitrogens with zero attached hydrogens (tertiary/aromatic N) is 1. The molecule has 0 amide bonds. The summed E-state index contributed by atoms with van der Waals surface area (Å²) in [5, 5.41) is 7.46. The zero-order valence-electron chi connectivity index (χ0n) is 12.5. The Morgan fingerprint density at radius 3 is 2.81 bits per heavy atom. The number of aryl methyl sites for hydroxylation is 1. The number of nitrogens with one attached hydrogen (secondary N) is 1. The van der Waals surface area contributed by atoms with Crippen molar-refractivity contribution in [3.63, 3.8) is 0 Å². The summed E-state index contributed by atoms with van der Waals surface area (Å²) in [6.45, 7) is 3.38. The maximum Gasteiger partial charge on any atom is 0.174 e. The van der Waals surface area contributed by atoms with Crippen LogP contribution in [0.5, 0.6) is 5.75 Å². The lowest BCUT2D eigenvalue weighted by Gasteiger charge is -2.04. The fourth-order valence-corrected chi connectivity index (χ4v) is 2.24. The number of benzene rings is 1. The maximum absolute atomic E-state index is 5.72. The molecule has 0 bridgehead atoms. The maximum atomic E-state index is 5.72. The van der Waals surface area contributed by atoms with Crippen LogP contribution in [-0.4, -0.2) is 11.2 Å². The van der Waals surface area contributed by atoms with Gasteiger partial charge in [-0.15, -0.1) is 0 Å². The molecule has 0 unspecified atom stereocenters. The molecule has 0 atom stereocenters. The van der Waals surface area contributed by atoms with Crippen LogP contribution in [0.3, 0.4) is 0 Å². The van der Waals surface area contributed by atoms with Gasteiger partial charge >= 0.3 is 0 Å². The van der Waals surface area contributed by atoms with Gasteiger partial charge in [0.25, 0.3) is 0 Å². The SMILES string of the molecule is CCCc1ccc(OCc2cc(CNC3CC3)no2)cc1. The first-order valence-corrected chi connectivity index (χ1v) is 7.73. The Morgan fingerprint density at radius 2 is 2.10 bits per heavy atom. The molecule has 2 aromatic rings. The van der Waals surface area contributed by atoms with Gasteiger partial charge in [0.15, 0.2) is 5.76 Å². The minimum absolute atomic E-state index is 0.420. The van der Waals surface area contributed by atoms with Crippen LogP contribution in [0.4, 0.5) is 0 Å². The molecule has 1 aromatic carbocycles. The van der Waals surface area contributed by atoms with Crippen molar-refractivity contribution < 1.29 is 9.26 Å². The first kappa shape index (κ1) is 14.1. The topological polar surface area (TPSA) is 47.3 Å². The third kappa shape index (κ3) is 4.33. The summed E-state index contributed by atoms with van der Waals surface area (Å²) in [5.74, 6) is 1.63. The summed E-state index contributed by atoms with van der Waals surface area (Å²) >= 11 is 0. The molecule has 112 valence electrons. The average Bonchev–Trinajstić information content (AvgIpc) is 3.23. The van der Waals surface area contributed by atoms with E-state index in [9.17, 15) is 0 Å². The summed E-state index contributed by atoms with van der Waals surface area (Å²) in [5.41, 5.74) is 2.29. The van der Waals surface area contributed by atoms with Crippen LogP contribution < -0.4 is 10.1 Å². The number of ether oxygens (including phenoxy) is 1. The van der Waals surface area contributed by atoms with E-state index in [4.69, 9.17) is 9.26 Å². The van der Waals surface area contributed by atoms with E-state index in [1.807, 2.05) is 18.2 Å². The first-order chi connectivity index (χ1) is 10.3. The van der Waals surface area contributed by atoms with E-state index < -0.39 is 0 Å². The van der Waals surface area contributed by atoms with Crippen molar-refractivity contribution in [2.75, 3.05) is 0 Å². The van der Waals surface area contributed by atoms with Crippen LogP contribution in [0.15, 0.2) is 34.9 Å². The van der Waals surface area contributed by atoms with Crippen LogP contribution in [0.2, 0.25) is 0 Å². The third-order valence-corrected chi connectivity index (χ3v) is 3.60. The van der Waals surface area contributed by atoms with Crippen LogP contribution in [-0.2, 0) is 19.6 Å². The average molecular weight is 286 g/mol. The summed E-state index contributed by atoms with van der Waals surface area (Å²) in [6, 6.07) is 10.9. The molecule has 1 aromatic heterocycles. The molecular formula is C17H22N2O2. The monoisotopic (exact) mass is 286 g/mol. The van der Waals surface area contributed by atoms with E-state index >= 15 is 0 Å². The van der Waals surface area contributed by atoms with E-state index in [0.717, 1.165) is 36.6 Å². The Hall–Kier alpha value is -1.81. The standard InChI is InChI=1S/C17H22N2O2/c1-2-3-13-4-8-16(9-5-13)20-12-17-10-15(19-21-17)11-18-14-6-7-14/h4-5,8-10,14,18H,2-3,6-7,11-12H2,1H3. The smallest absolute Gasteiger partial charge is 0.174 e. The molecule has 21 heavy (non-hydrogen) atoms. The first-order valence-electron chi connectivity index (χ1n) is 7.73. The highest BCUT2D eigenvalue weighted by Crippen LogP contribution is 2.19. The molecule has 1 saturated carbocycles. The van der Waals surface area contributed by atoms with E-state index in [1.165, 1.54) is 18.4 Å². The van der Waals surface area contributed by atoms with Gasteiger partial charge in [0.2, 0.25) is 0 Å². The highest BCUT2D eigenvalue weighted by atomic mass is 16.5.